The lowest BCUT2D eigenvalue weighted by Crippen LogP contribution is -2.35. The molecule has 1 unspecified atom stereocenters. The molecular weight excluding hydrogens is 140 g/mol. The average molecular weight is 154 g/mol. The van der Waals surface area contributed by atoms with E-state index < -0.39 is 0 Å². The van der Waals surface area contributed by atoms with Gasteiger partial charge in [-0.25, -0.2) is 0 Å². The Kier molecular flexibility index (Phi) is 2.48. The maximum Gasteiger partial charge on any atom is 0.113 e. The minimum atomic E-state index is 0.186. The molecule has 1 aliphatic heterocycles. The van der Waals surface area contributed by atoms with Crippen molar-refractivity contribution in [2.75, 3.05) is 13.2 Å². The minimum Gasteiger partial charge on any atom is -0.340 e. The summed E-state index contributed by atoms with van der Waals surface area (Å²) < 4.78 is 0. The number of hydrogen-bond acceptors (Lipinski definition) is 4. The van der Waals surface area contributed by atoms with Crippen LogP contribution in [0.4, 0.5) is 0 Å². The summed E-state index contributed by atoms with van der Waals surface area (Å²) in [6.45, 7) is 7.20. The third-order valence-electron chi connectivity index (χ3n) is 1.42. The first-order chi connectivity index (χ1) is 5.22. The normalized spacial score (nSPS) is 19.1. The van der Waals surface area contributed by atoms with Gasteiger partial charge in [0.1, 0.15) is 13.0 Å². The highest BCUT2D eigenvalue weighted by Crippen LogP contribution is 2.01. The van der Waals surface area contributed by atoms with Crippen molar-refractivity contribution in [1.82, 2.24) is 9.91 Å². The Hall–Kier alpha value is -1.03. The minimum absolute atomic E-state index is 0.186. The van der Waals surface area contributed by atoms with Crippen LogP contribution in [0.5, 0.6) is 0 Å². The molecule has 0 fully saturated rings. The molecule has 0 saturated heterocycles. The monoisotopic (exact) mass is 154 g/mol. The zero-order valence-corrected chi connectivity index (χ0v) is 6.77. The quantitative estimate of drug-likeness (QED) is 0.622. The van der Waals surface area contributed by atoms with Crippen LogP contribution >= 0.6 is 0 Å². The maximum atomic E-state index is 5.61. The summed E-state index contributed by atoms with van der Waals surface area (Å²) in [4.78, 5) is 2.05. The van der Waals surface area contributed by atoms with Crippen LogP contribution in [-0.4, -0.2) is 35.5 Å². The molecule has 0 aromatic rings. The van der Waals surface area contributed by atoms with E-state index in [4.69, 9.17) is 5.73 Å². The van der Waals surface area contributed by atoms with E-state index >= 15 is 0 Å². The Bertz CT molecular complexity index is 164. The molecule has 4 heteroatoms. The Labute approximate surface area is 67.0 Å². The molecule has 1 aliphatic rings. The predicted octanol–water partition coefficient (Wildman–Crippen LogP) is -0.00450. The molecule has 11 heavy (non-hydrogen) atoms. The Morgan fingerprint density at radius 1 is 1.91 bits per heavy atom. The van der Waals surface area contributed by atoms with Crippen LogP contribution < -0.4 is 5.73 Å². The zero-order chi connectivity index (χ0) is 8.27. The van der Waals surface area contributed by atoms with Gasteiger partial charge < -0.3 is 10.6 Å². The summed E-state index contributed by atoms with van der Waals surface area (Å²) in [6, 6.07) is 0.186. The van der Waals surface area contributed by atoms with E-state index in [1.54, 1.807) is 17.5 Å². The summed E-state index contributed by atoms with van der Waals surface area (Å²) >= 11 is 0. The first-order valence-electron chi connectivity index (χ1n) is 3.65. The molecule has 0 saturated carbocycles. The second kappa shape index (κ2) is 3.39. The molecule has 0 aromatic carbocycles. The van der Waals surface area contributed by atoms with Crippen molar-refractivity contribution in [2.24, 2.45) is 10.8 Å². The molecule has 62 valence electrons. The largest absolute Gasteiger partial charge is 0.340 e. The molecule has 0 spiro atoms. The number of rotatable bonds is 3. The molecule has 1 heterocycles. The van der Waals surface area contributed by atoms with Crippen LogP contribution in [0.2, 0.25) is 0 Å². The third-order valence-corrected chi connectivity index (χ3v) is 1.42. The molecular formula is C7H14N4. The van der Waals surface area contributed by atoms with Crippen LogP contribution in [0.25, 0.3) is 0 Å². The van der Waals surface area contributed by atoms with Crippen LogP contribution in [0.15, 0.2) is 17.9 Å². The predicted molar refractivity (Wildman–Crippen MR) is 45.8 cm³/mol. The lowest BCUT2D eigenvalue weighted by molar-refractivity contribution is 0.297. The van der Waals surface area contributed by atoms with E-state index in [-0.39, 0.29) is 6.04 Å². The van der Waals surface area contributed by atoms with E-state index in [0.717, 1.165) is 13.2 Å². The molecule has 0 radical (unpaired) electrons. The standard InChI is InChI=1S/C7H14N4/c1-3-11-6-10(5-9-11)4-7(2)8/h3,5,7H,1,4,6,8H2,2H3. The molecule has 1 rings (SSSR count). The molecule has 0 amide bonds. The van der Waals surface area contributed by atoms with Gasteiger partial charge in [0.25, 0.3) is 0 Å². The van der Waals surface area contributed by atoms with Crippen molar-refractivity contribution in [1.29, 1.82) is 0 Å². The lowest BCUT2D eigenvalue weighted by Gasteiger charge is -2.17. The highest BCUT2D eigenvalue weighted by Gasteiger charge is 2.11. The molecule has 4 nitrogen and oxygen atoms in total. The molecule has 0 bridgehead atoms. The lowest BCUT2D eigenvalue weighted by atomic mass is 10.3. The molecule has 0 aromatic heterocycles. The molecule has 0 aliphatic carbocycles. The van der Waals surface area contributed by atoms with Crippen LogP contribution in [0.1, 0.15) is 6.92 Å². The molecule has 2 N–H and O–H groups in total. The number of nitrogens with zero attached hydrogens (tertiary/aromatic N) is 3. The van der Waals surface area contributed by atoms with Gasteiger partial charge in [0, 0.05) is 18.8 Å². The Balaban J connectivity index is 2.31. The highest BCUT2D eigenvalue weighted by atomic mass is 15.6. The summed E-state index contributed by atoms with van der Waals surface area (Å²) in [7, 11) is 0. The summed E-state index contributed by atoms with van der Waals surface area (Å²) in [5.41, 5.74) is 5.61. The van der Waals surface area contributed by atoms with Crippen molar-refractivity contribution in [2.45, 2.75) is 13.0 Å². The van der Waals surface area contributed by atoms with Crippen molar-refractivity contribution in [3.8, 4) is 0 Å². The number of nitrogens with two attached hydrogens (primary N) is 1. The maximum absolute atomic E-state index is 5.61. The van der Waals surface area contributed by atoms with Gasteiger partial charge in [0.05, 0.1) is 0 Å². The van der Waals surface area contributed by atoms with Gasteiger partial charge >= 0.3 is 0 Å². The van der Waals surface area contributed by atoms with E-state index in [9.17, 15) is 0 Å². The van der Waals surface area contributed by atoms with Crippen molar-refractivity contribution >= 4 is 6.34 Å². The number of hydrogen-bond donors (Lipinski definition) is 1. The fourth-order valence-electron chi connectivity index (χ4n) is 0.978. The van der Waals surface area contributed by atoms with Gasteiger partial charge in [-0.1, -0.05) is 6.58 Å². The van der Waals surface area contributed by atoms with Gasteiger partial charge in [-0.3, -0.25) is 5.01 Å². The average Bonchev–Trinajstić information content (AvgIpc) is 2.34. The summed E-state index contributed by atoms with van der Waals surface area (Å²) in [6.07, 6.45) is 3.47. The van der Waals surface area contributed by atoms with E-state index in [0.29, 0.717) is 0 Å². The van der Waals surface area contributed by atoms with Gasteiger partial charge in [-0.15, -0.1) is 0 Å². The van der Waals surface area contributed by atoms with Crippen molar-refractivity contribution in [3.63, 3.8) is 0 Å². The zero-order valence-electron chi connectivity index (χ0n) is 6.77. The third kappa shape index (κ3) is 2.23. The smallest absolute Gasteiger partial charge is 0.113 e. The second-order valence-corrected chi connectivity index (χ2v) is 2.74. The van der Waals surface area contributed by atoms with E-state index in [1.165, 1.54) is 0 Å². The highest BCUT2D eigenvalue weighted by molar-refractivity contribution is 5.56. The first-order valence-corrected chi connectivity index (χ1v) is 3.65. The van der Waals surface area contributed by atoms with Crippen LogP contribution in [-0.2, 0) is 0 Å². The SMILES string of the molecule is C=CN1CN(CC(C)N)C=N1. The van der Waals surface area contributed by atoms with Crippen molar-refractivity contribution in [3.05, 3.63) is 12.8 Å². The van der Waals surface area contributed by atoms with Crippen LogP contribution in [0, 0.1) is 0 Å². The van der Waals surface area contributed by atoms with Gasteiger partial charge in [-0.05, 0) is 6.92 Å². The summed E-state index contributed by atoms with van der Waals surface area (Å²) in [5.74, 6) is 0. The van der Waals surface area contributed by atoms with Gasteiger partial charge in [-0.2, -0.15) is 5.10 Å². The fourth-order valence-corrected chi connectivity index (χ4v) is 0.978. The second-order valence-electron chi connectivity index (χ2n) is 2.74. The van der Waals surface area contributed by atoms with Crippen molar-refractivity contribution < 1.29 is 0 Å². The Morgan fingerprint density at radius 3 is 3.09 bits per heavy atom. The van der Waals surface area contributed by atoms with Crippen LogP contribution in [0.3, 0.4) is 0 Å². The number of hydrazone groups is 1. The van der Waals surface area contributed by atoms with Gasteiger partial charge in [0.15, 0.2) is 0 Å². The summed E-state index contributed by atoms with van der Waals surface area (Å²) in [5, 5.41) is 5.82. The Morgan fingerprint density at radius 2 is 2.64 bits per heavy atom. The van der Waals surface area contributed by atoms with E-state index in [1.807, 2.05) is 11.8 Å². The first kappa shape index (κ1) is 8.07. The fraction of sp³-hybridized carbons (Fsp3) is 0.571. The topological polar surface area (TPSA) is 44.9 Å². The van der Waals surface area contributed by atoms with Gasteiger partial charge in [0.2, 0.25) is 0 Å². The van der Waals surface area contributed by atoms with E-state index in [2.05, 4.69) is 11.7 Å². The molecule has 1 atom stereocenters.